The van der Waals surface area contributed by atoms with Gasteiger partial charge < -0.3 is 9.13 Å². The monoisotopic (exact) mass is 346 g/mol. The lowest BCUT2D eigenvalue weighted by molar-refractivity contribution is 1.08. The highest BCUT2D eigenvalue weighted by Gasteiger charge is 2.10. The lowest BCUT2D eigenvalue weighted by Gasteiger charge is -2.10. The Labute approximate surface area is 167 Å². The smallest absolute Gasteiger partial charge is 0.0825 e. The van der Waals surface area contributed by atoms with Crippen molar-refractivity contribution in [2.24, 2.45) is 0 Å². The van der Waals surface area contributed by atoms with Crippen LogP contribution in [0.1, 0.15) is 24.8 Å². The van der Waals surface area contributed by atoms with Crippen LogP contribution in [-0.2, 0) is 0 Å². The lowest BCUT2D eigenvalue weighted by atomic mass is 10.2. The van der Waals surface area contributed by atoms with E-state index >= 15 is 0 Å². The van der Waals surface area contributed by atoms with Gasteiger partial charge in [0.1, 0.15) is 0 Å². The first-order chi connectivity index (χ1) is 16.9. The highest BCUT2D eigenvalue weighted by Crippen LogP contribution is 2.28. The first-order valence-electron chi connectivity index (χ1n) is 13.2. The third-order valence-corrected chi connectivity index (χ3v) is 4.44. The Bertz CT molecular complexity index is 1640. The molecule has 0 aliphatic carbocycles. The van der Waals surface area contributed by atoms with E-state index in [4.69, 9.17) is 13.7 Å². The normalized spacial score (nSPS) is 16.8. The van der Waals surface area contributed by atoms with E-state index in [1.807, 2.05) is 0 Å². The molecule has 0 aliphatic rings. The number of fused-ring (bicyclic) bond motifs is 2. The van der Waals surface area contributed by atoms with Gasteiger partial charge in [0.15, 0.2) is 0 Å². The van der Waals surface area contributed by atoms with E-state index in [1.54, 1.807) is 38.1 Å². The van der Waals surface area contributed by atoms with Crippen LogP contribution in [0.3, 0.4) is 0 Å². The zero-order valence-electron chi connectivity index (χ0n) is 24.2. The van der Waals surface area contributed by atoms with Crippen molar-refractivity contribution in [2.75, 3.05) is 0 Å². The third-order valence-electron chi connectivity index (χ3n) is 4.44. The first kappa shape index (κ1) is 7.96. The topological polar surface area (TPSA) is 9.86 Å². The zero-order valence-corrected chi connectivity index (χ0v) is 14.2. The summed E-state index contributed by atoms with van der Waals surface area (Å²) in [6.45, 7) is 3.26. The predicted octanol–water partition coefficient (Wildman–Crippen LogP) is 6.19. The molecule has 2 heterocycles. The Morgan fingerprint density at radius 3 is 1.65 bits per heavy atom. The number of benzene rings is 3. The molecule has 2 heteroatoms. The summed E-state index contributed by atoms with van der Waals surface area (Å²) < 4.78 is 86.1. The van der Waals surface area contributed by atoms with E-state index in [9.17, 15) is 0 Å². The lowest BCUT2D eigenvalue weighted by Crippen LogP contribution is -1.96. The van der Waals surface area contributed by atoms with E-state index in [-0.39, 0.29) is 70.4 Å². The molecule has 5 rings (SSSR count). The fourth-order valence-electron chi connectivity index (χ4n) is 3.21. The van der Waals surface area contributed by atoms with Gasteiger partial charge in [-0.15, -0.1) is 0 Å². The number of nitrogens with zero attached hydrogens (tertiary/aromatic N) is 2. The minimum Gasteiger partial charge on any atom is -0.316 e. The van der Waals surface area contributed by atoms with Gasteiger partial charge in [-0.1, -0.05) is 42.3 Å². The third kappa shape index (κ3) is 2.19. The van der Waals surface area contributed by atoms with Crippen molar-refractivity contribution >= 4 is 21.8 Å². The van der Waals surface area contributed by atoms with Crippen molar-refractivity contribution < 1.29 is 13.7 Å². The van der Waals surface area contributed by atoms with E-state index in [1.165, 1.54) is 9.13 Å². The van der Waals surface area contributed by atoms with Crippen molar-refractivity contribution in [2.45, 2.75) is 13.8 Å². The highest BCUT2D eigenvalue weighted by atomic mass is 15.0. The molecule has 126 valence electrons. The molecule has 0 N–H and O–H groups in total. The molecule has 0 fully saturated rings. The van der Waals surface area contributed by atoms with Gasteiger partial charge in [-0.3, -0.25) is 0 Å². The largest absolute Gasteiger partial charge is 0.316 e. The average Bonchev–Trinajstić information content (AvgIpc) is 3.28. The SMILES string of the molecule is [2H]c1c([2H])c([2H])c2c(c1[2H])c(C)c([2H])n2-c1cccc(-n2c([2H])c(C)c3c([2H])c([2H])c([2H])c([2H])c32)c1. The molecule has 2 nitrogen and oxygen atoms in total. The van der Waals surface area contributed by atoms with Crippen LogP contribution in [0.25, 0.3) is 33.2 Å². The molecule has 0 aliphatic heterocycles. The first-order valence-corrected chi connectivity index (χ1v) is 8.16. The summed E-state index contributed by atoms with van der Waals surface area (Å²) in [6, 6.07) is 4.14. The molecule has 3 aromatic carbocycles. The average molecular weight is 346 g/mol. The van der Waals surface area contributed by atoms with Crippen molar-refractivity contribution in [3.63, 3.8) is 0 Å². The fraction of sp³-hybridized carbons (Fsp3) is 0.0833. The van der Waals surface area contributed by atoms with Crippen LogP contribution in [0.2, 0.25) is 0 Å². The number of para-hydroxylation sites is 2. The molecule has 0 bridgehead atoms. The second kappa shape index (κ2) is 5.63. The maximum atomic E-state index is 8.69. The summed E-state index contributed by atoms with van der Waals surface area (Å²) in [5.41, 5.74) is 1.98. The molecule has 0 saturated carbocycles. The minimum absolute atomic E-state index is 0.00397. The fourth-order valence-corrected chi connectivity index (χ4v) is 3.21. The zero-order chi connectivity index (χ0) is 26.4. The number of hydrogen-bond acceptors (Lipinski definition) is 0. The molecule has 0 unspecified atom stereocenters. The number of rotatable bonds is 2. The van der Waals surface area contributed by atoms with E-state index in [0.717, 1.165) is 0 Å². The molecule has 0 atom stereocenters. The minimum atomic E-state index is -0.404. The second-order valence-corrected chi connectivity index (χ2v) is 6.11. The van der Waals surface area contributed by atoms with E-state index in [2.05, 4.69) is 0 Å². The Morgan fingerprint density at radius 2 is 1.15 bits per heavy atom. The van der Waals surface area contributed by atoms with Gasteiger partial charge in [-0.25, -0.2) is 0 Å². The van der Waals surface area contributed by atoms with E-state index in [0.29, 0.717) is 22.5 Å². The van der Waals surface area contributed by atoms with Gasteiger partial charge in [0, 0.05) is 34.5 Å². The van der Waals surface area contributed by atoms with E-state index < -0.39 is 12.1 Å². The molecule has 0 amide bonds. The van der Waals surface area contributed by atoms with Gasteiger partial charge in [0.25, 0.3) is 0 Å². The second-order valence-electron chi connectivity index (χ2n) is 6.11. The van der Waals surface area contributed by atoms with Crippen LogP contribution in [0.15, 0.2) is 85.0 Å². The Hall–Kier alpha value is -3.26. The Balaban J connectivity index is 1.87. The summed E-state index contributed by atoms with van der Waals surface area (Å²) in [6.07, 6.45) is -0.00795. The maximum absolute atomic E-state index is 8.69. The van der Waals surface area contributed by atoms with Crippen LogP contribution in [0, 0.1) is 13.8 Å². The van der Waals surface area contributed by atoms with Gasteiger partial charge in [0.2, 0.25) is 0 Å². The van der Waals surface area contributed by atoms with Gasteiger partial charge in [0.05, 0.1) is 24.7 Å². The standard InChI is InChI=1S/C24H20N2/c1-17-15-25(23-12-5-3-10-21(17)23)19-8-7-9-20(14-19)26-16-18(2)22-11-4-6-13-24(22)26/h3-16H,1-2H3/i3D,4D,5D,6D,10D,11D,12D,13D,15D,16D. The summed E-state index contributed by atoms with van der Waals surface area (Å²) in [5, 5.41) is 0.517. The summed E-state index contributed by atoms with van der Waals surface area (Å²) in [4.78, 5) is 0. The number of aryl methyl sites for hydroxylation is 2. The summed E-state index contributed by atoms with van der Waals surface area (Å²) in [7, 11) is 0. The predicted molar refractivity (Wildman–Crippen MR) is 110 cm³/mol. The van der Waals surface area contributed by atoms with Gasteiger partial charge in [-0.05, 0) is 55.3 Å². The van der Waals surface area contributed by atoms with Crippen molar-refractivity contribution in [3.8, 4) is 11.4 Å². The molecular formula is C24H20N2. The molecular weight excluding hydrogens is 316 g/mol. The highest BCUT2D eigenvalue weighted by molar-refractivity contribution is 5.86. The quantitative estimate of drug-likeness (QED) is 0.360. The maximum Gasteiger partial charge on any atom is 0.0825 e. The van der Waals surface area contributed by atoms with Crippen LogP contribution < -0.4 is 0 Å². The molecule has 26 heavy (non-hydrogen) atoms. The molecule has 2 aromatic heterocycles. The Kier molecular flexibility index (Phi) is 1.73. The van der Waals surface area contributed by atoms with Crippen molar-refractivity contribution in [1.82, 2.24) is 9.13 Å². The molecule has 5 aromatic rings. The Morgan fingerprint density at radius 1 is 0.692 bits per heavy atom. The molecule has 0 saturated heterocycles. The van der Waals surface area contributed by atoms with Crippen LogP contribution in [0.5, 0.6) is 0 Å². The van der Waals surface area contributed by atoms with Crippen LogP contribution in [-0.4, -0.2) is 9.13 Å². The van der Waals surface area contributed by atoms with Crippen molar-refractivity contribution in [3.05, 3.63) is 96.1 Å². The number of hydrogen-bond donors (Lipinski definition) is 0. The molecule has 0 spiro atoms. The van der Waals surface area contributed by atoms with Gasteiger partial charge >= 0.3 is 0 Å². The summed E-state index contributed by atoms with van der Waals surface area (Å²) >= 11 is 0. The number of aromatic nitrogens is 2. The summed E-state index contributed by atoms with van der Waals surface area (Å²) in [5.74, 6) is 0. The van der Waals surface area contributed by atoms with Crippen molar-refractivity contribution in [1.29, 1.82) is 0 Å². The molecule has 0 radical (unpaired) electrons. The van der Waals surface area contributed by atoms with Crippen LogP contribution >= 0.6 is 0 Å². The van der Waals surface area contributed by atoms with Crippen LogP contribution in [0.4, 0.5) is 0 Å². The van der Waals surface area contributed by atoms with Gasteiger partial charge in [-0.2, -0.15) is 0 Å².